The molecule has 4 nitrogen and oxygen atoms in total. The maximum atomic E-state index is 5.36. The number of rotatable bonds is 3. The first-order valence-corrected chi connectivity index (χ1v) is 3.90. The third kappa shape index (κ3) is 5.21. The second kappa shape index (κ2) is 7.79. The third-order valence-corrected chi connectivity index (χ3v) is 1.25. The van der Waals surface area contributed by atoms with Gasteiger partial charge in [0.05, 0.1) is 24.2 Å². The molecule has 0 fully saturated rings. The van der Waals surface area contributed by atoms with Crippen molar-refractivity contribution >= 4 is 24.8 Å². The lowest BCUT2D eigenvalue weighted by Crippen LogP contribution is -2.08. The van der Waals surface area contributed by atoms with Crippen molar-refractivity contribution in [2.75, 3.05) is 0 Å². The number of hydrogen-bond donors (Lipinski definition) is 1. The van der Waals surface area contributed by atoms with Crippen LogP contribution in [0.1, 0.15) is 19.5 Å². The number of ether oxygens (including phenoxy) is 1. The second-order valence-electron chi connectivity index (χ2n) is 2.72. The third-order valence-electron chi connectivity index (χ3n) is 1.25. The molecule has 1 aromatic heterocycles. The molecule has 0 bridgehead atoms. The first-order chi connectivity index (χ1) is 5.72. The Morgan fingerprint density at radius 2 is 1.93 bits per heavy atom. The molecule has 0 unspecified atom stereocenters. The molecule has 0 aliphatic carbocycles. The second-order valence-corrected chi connectivity index (χ2v) is 2.72. The predicted molar refractivity (Wildman–Crippen MR) is 60.2 cm³/mol. The van der Waals surface area contributed by atoms with Gasteiger partial charge in [0.1, 0.15) is 0 Å². The van der Waals surface area contributed by atoms with Crippen LogP contribution in [0.3, 0.4) is 0 Å². The van der Waals surface area contributed by atoms with Gasteiger partial charge >= 0.3 is 0 Å². The molecule has 0 spiro atoms. The lowest BCUT2D eigenvalue weighted by molar-refractivity contribution is 0.231. The Kier molecular flexibility index (Phi) is 8.83. The molecule has 0 aromatic carbocycles. The number of aromatic nitrogens is 2. The fourth-order valence-corrected chi connectivity index (χ4v) is 0.751. The van der Waals surface area contributed by atoms with Crippen LogP contribution in [0.5, 0.6) is 5.88 Å². The largest absolute Gasteiger partial charge is 0.474 e. The van der Waals surface area contributed by atoms with Crippen molar-refractivity contribution < 1.29 is 4.74 Å². The molecule has 0 amide bonds. The molecule has 6 heteroatoms. The van der Waals surface area contributed by atoms with Crippen molar-refractivity contribution in [3.63, 3.8) is 0 Å². The topological polar surface area (TPSA) is 61.0 Å². The van der Waals surface area contributed by atoms with E-state index in [4.69, 9.17) is 10.5 Å². The highest BCUT2D eigenvalue weighted by atomic mass is 35.5. The van der Waals surface area contributed by atoms with Gasteiger partial charge in [0.2, 0.25) is 5.88 Å². The van der Waals surface area contributed by atoms with E-state index >= 15 is 0 Å². The molecule has 1 heterocycles. The van der Waals surface area contributed by atoms with Crippen molar-refractivity contribution in [2.24, 2.45) is 5.73 Å². The molecular weight excluding hydrogens is 225 g/mol. The summed E-state index contributed by atoms with van der Waals surface area (Å²) in [6, 6.07) is 0. The minimum Gasteiger partial charge on any atom is -0.474 e. The first-order valence-electron chi connectivity index (χ1n) is 3.90. The van der Waals surface area contributed by atoms with Gasteiger partial charge in [0, 0.05) is 6.54 Å². The maximum absolute atomic E-state index is 5.36. The van der Waals surface area contributed by atoms with Gasteiger partial charge in [-0.05, 0) is 13.8 Å². The Balaban J connectivity index is 0. The Labute approximate surface area is 96.1 Å². The van der Waals surface area contributed by atoms with Crippen LogP contribution < -0.4 is 10.5 Å². The van der Waals surface area contributed by atoms with Gasteiger partial charge in [-0.3, -0.25) is 4.98 Å². The zero-order valence-corrected chi connectivity index (χ0v) is 9.77. The monoisotopic (exact) mass is 239 g/mol. The molecule has 0 aliphatic rings. The fraction of sp³-hybridized carbons (Fsp3) is 0.500. The number of halogens is 2. The summed E-state index contributed by atoms with van der Waals surface area (Å²) in [6.45, 7) is 4.30. The fourth-order valence-electron chi connectivity index (χ4n) is 0.751. The predicted octanol–water partition coefficient (Wildman–Crippen LogP) is 1.57. The summed E-state index contributed by atoms with van der Waals surface area (Å²) in [6.07, 6.45) is 3.34. The summed E-state index contributed by atoms with van der Waals surface area (Å²) in [5, 5.41) is 0. The van der Waals surface area contributed by atoms with Gasteiger partial charge in [-0.1, -0.05) is 0 Å². The summed E-state index contributed by atoms with van der Waals surface area (Å²) >= 11 is 0. The summed E-state index contributed by atoms with van der Waals surface area (Å²) in [5.74, 6) is 0.544. The highest BCUT2D eigenvalue weighted by Gasteiger charge is 1.98. The summed E-state index contributed by atoms with van der Waals surface area (Å²) < 4.78 is 5.30. The highest BCUT2D eigenvalue weighted by Crippen LogP contribution is 2.05. The first kappa shape index (κ1) is 15.9. The Morgan fingerprint density at radius 1 is 1.29 bits per heavy atom. The van der Waals surface area contributed by atoms with E-state index in [9.17, 15) is 0 Å². The van der Waals surface area contributed by atoms with Crippen LogP contribution >= 0.6 is 24.8 Å². The zero-order chi connectivity index (χ0) is 8.97. The summed E-state index contributed by atoms with van der Waals surface area (Å²) in [7, 11) is 0. The van der Waals surface area contributed by atoms with Crippen LogP contribution in [0, 0.1) is 0 Å². The maximum Gasteiger partial charge on any atom is 0.232 e. The average molecular weight is 240 g/mol. The van der Waals surface area contributed by atoms with Gasteiger partial charge in [-0.15, -0.1) is 24.8 Å². The average Bonchev–Trinajstić information content (AvgIpc) is 2.05. The van der Waals surface area contributed by atoms with Gasteiger partial charge in [0.15, 0.2) is 0 Å². The van der Waals surface area contributed by atoms with E-state index in [-0.39, 0.29) is 30.9 Å². The molecule has 14 heavy (non-hydrogen) atoms. The van der Waals surface area contributed by atoms with Crippen molar-refractivity contribution in [1.82, 2.24) is 9.97 Å². The van der Waals surface area contributed by atoms with Crippen LogP contribution in [0.4, 0.5) is 0 Å². The van der Waals surface area contributed by atoms with E-state index in [2.05, 4.69) is 9.97 Å². The Hall–Kier alpha value is -0.580. The molecular formula is C8H15Cl2N3O. The lowest BCUT2D eigenvalue weighted by Gasteiger charge is -2.07. The van der Waals surface area contributed by atoms with E-state index in [1.807, 2.05) is 13.8 Å². The lowest BCUT2D eigenvalue weighted by atomic mass is 10.4. The van der Waals surface area contributed by atoms with Gasteiger partial charge < -0.3 is 10.5 Å². The van der Waals surface area contributed by atoms with E-state index in [0.29, 0.717) is 12.4 Å². The SMILES string of the molecule is CC(C)Oc1cnc(CN)cn1.Cl.Cl. The van der Waals surface area contributed by atoms with Crippen LogP contribution in [-0.4, -0.2) is 16.1 Å². The van der Waals surface area contributed by atoms with Crippen LogP contribution in [-0.2, 0) is 6.54 Å². The van der Waals surface area contributed by atoms with E-state index in [0.717, 1.165) is 5.69 Å². The van der Waals surface area contributed by atoms with Crippen molar-refractivity contribution in [3.05, 3.63) is 18.1 Å². The van der Waals surface area contributed by atoms with Gasteiger partial charge in [0.25, 0.3) is 0 Å². The van der Waals surface area contributed by atoms with Crippen LogP contribution in [0.15, 0.2) is 12.4 Å². The number of hydrogen-bond acceptors (Lipinski definition) is 4. The van der Waals surface area contributed by atoms with E-state index in [1.165, 1.54) is 0 Å². The molecule has 1 rings (SSSR count). The highest BCUT2D eigenvalue weighted by molar-refractivity contribution is 5.85. The normalized spacial score (nSPS) is 8.86. The number of nitrogens with zero attached hydrogens (tertiary/aromatic N) is 2. The number of nitrogens with two attached hydrogens (primary N) is 1. The van der Waals surface area contributed by atoms with E-state index < -0.39 is 0 Å². The minimum atomic E-state index is 0. The summed E-state index contributed by atoms with van der Waals surface area (Å²) in [5.41, 5.74) is 6.13. The quantitative estimate of drug-likeness (QED) is 0.870. The van der Waals surface area contributed by atoms with E-state index in [1.54, 1.807) is 12.4 Å². The summed E-state index contributed by atoms with van der Waals surface area (Å²) in [4.78, 5) is 8.06. The molecule has 1 aromatic rings. The molecule has 0 atom stereocenters. The Bertz CT molecular complexity index is 241. The Morgan fingerprint density at radius 3 is 2.29 bits per heavy atom. The van der Waals surface area contributed by atoms with Crippen molar-refractivity contribution in [1.29, 1.82) is 0 Å². The van der Waals surface area contributed by atoms with Crippen molar-refractivity contribution in [3.8, 4) is 5.88 Å². The van der Waals surface area contributed by atoms with Crippen LogP contribution in [0.25, 0.3) is 0 Å². The molecule has 0 radical (unpaired) electrons. The molecule has 0 aliphatic heterocycles. The molecule has 0 saturated heterocycles. The van der Waals surface area contributed by atoms with Gasteiger partial charge in [-0.25, -0.2) is 4.98 Å². The van der Waals surface area contributed by atoms with Crippen molar-refractivity contribution in [2.45, 2.75) is 26.5 Å². The zero-order valence-electron chi connectivity index (χ0n) is 8.14. The minimum absolute atomic E-state index is 0. The molecule has 0 saturated carbocycles. The molecule has 82 valence electrons. The molecule has 2 N–H and O–H groups in total. The van der Waals surface area contributed by atoms with Gasteiger partial charge in [-0.2, -0.15) is 0 Å². The standard InChI is InChI=1S/C8H13N3O.2ClH/c1-6(2)12-8-5-10-7(3-9)4-11-8;;/h4-6H,3,9H2,1-2H3;2*1H. The smallest absolute Gasteiger partial charge is 0.232 e. The van der Waals surface area contributed by atoms with Crippen LogP contribution in [0.2, 0.25) is 0 Å².